The van der Waals surface area contributed by atoms with Crippen LogP contribution in [0.5, 0.6) is 0 Å². The molecule has 0 amide bonds. The van der Waals surface area contributed by atoms with E-state index < -0.39 is 0 Å². The van der Waals surface area contributed by atoms with Crippen LogP contribution in [0.25, 0.3) is 0 Å². The second kappa shape index (κ2) is 16.7. The van der Waals surface area contributed by atoms with Crippen molar-refractivity contribution in [2.75, 3.05) is 13.2 Å². The number of carbonyl (C=O) groups is 1. The van der Waals surface area contributed by atoms with Crippen molar-refractivity contribution in [1.29, 1.82) is 0 Å². The van der Waals surface area contributed by atoms with Gasteiger partial charge in [0.25, 0.3) is 0 Å². The summed E-state index contributed by atoms with van der Waals surface area (Å²) >= 11 is 0. The molecule has 0 radical (unpaired) electrons. The largest absolute Gasteiger partial charge is 0.374 e. The molecule has 0 spiro atoms. The van der Waals surface area contributed by atoms with Crippen LogP contribution in [0.15, 0.2) is 0 Å². The quantitative estimate of drug-likeness (QED) is 0.341. The number of ketones is 1. The van der Waals surface area contributed by atoms with Gasteiger partial charge in [-0.2, -0.15) is 0 Å². The number of Topliss-reactive ketones (excluding diaryl/α,β-unsaturated/α-hetero) is 1. The maximum Gasteiger partial charge on any atom is 0.155 e. The van der Waals surface area contributed by atoms with E-state index in [0.29, 0.717) is 0 Å². The molecule has 0 aliphatic carbocycles. The average Bonchev–Trinajstić information content (AvgIpc) is 2.43. The molecule has 0 aromatic heterocycles. The predicted molar refractivity (Wildman–Crippen MR) is 87.2 cm³/mol. The third-order valence-corrected chi connectivity index (χ3v) is 3.70. The van der Waals surface area contributed by atoms with E-state index in [0.717, 1.165) is 13.0 Å². The third-order valence-electron chi connectivity index (χ3n) is 3.70. The monoisotopic (exact) mass is 284 g/mol. The van der Waals surface area contributed by atoms with Crippen molar-refractivity contribution in [2.45, 2.75) is 97.3 Å². The van der Waals surface area contributed by atoms with Gasteiger partial charge < -0.3 is 4.74 Å². The minimum Gasteiger partial charge on any atom is -0.374 e. The fraction of sp³-hybridized carbons (Fsp3) is 0.944. The van der Waals surface area contributed by atoms with Crippen LogP contribution in [-0.2, 0) is 9.53 Å². The predicted octanol–water partition coefficient (Wildman–Crippen LogP) is 5.68. The van der Waals surface area contributed by atoms with Gasteiger partial charge in [-0.15, -0.1) is 0 Å². The Morgan fingerprint density at radius 2 is 1.10 bits per heavy atom. The van der Waals surface area contributed by atoms with Crippen LogP contribution in [0.2, 0.25) is 0 Å². The van der Waals surface area contributed by atoms with Gasteiger partial charge in [-0.3, -0.25) is 4.79 Å². The molecule has 0 N–H and O–H groups in total. The van der Waals surface area contributed by atoms with Crippen molar-refractivity contribution >= 4 is 5.78 Å². The minimum absolute atomic E-state index is 0.125. The van der Waals surface area contributed by atoms with Crippen LogP contribution in [0.1, 0.15) is 97.3 Å². The highest BCUT2D eigenvalue weighted by molar-refractivity contribution is 5.76. The molecule has 20 heavy (non-hydrogen) atoms. The molecule has 0 aromatic rings. The molecule has 0 atom stereocenters. The summed E-state index contributed by atoms with van der Waals surface area (Å²) in [7, 11) is 0. The average molecular weight is 284 g/mol. The SMILES string of the molecule is CCCCCCCCCCCCCCCOCC(C)=O. The molecule has 0 aliphatic heterocycles. The molecule has 2 nitrogen and oxygen atoms in total. The molecule has 0 aliphatic rings. The molecule has 0 bridgehead atoms. The highest BCUT2D eigenvalue weighted by Crippen LogP contribution is 2.12. The second-order valence-electron chi connectivity index (χ2n) is 6.00. The van der Waals surface area contributed by atoms with Gasteiger partial charge in [-0.05, 0) is 13.3 Å². The molecule has 0 aromatic carbocycles. The lowest BCUT2D eigenvalue weighted by atomic mass is 10.0. The lowest BCUT2D eigenvalue weighted by molar-refractivity contribution is -0.121. The lowest BCUT2D eigenvalue weighted by Gasteiger charge is -2.03. The maximum absolute atomic E-state index is 10.7. The van der Waals surface area contributed by atoms with Gasteiger partial charge in [0.15, 0.2) is 5.78 Å². The number of unbranched alkanes of at least 4 members (excludes halogenated alkanes) is 12. The van der Waals surface area contributed by atoms with E-state index in [-0.39, 0.29) is 12.4 Å². The summed E-state index contributed by atoms with van der Waals surface area (Å²) in [6, 6.07) is 0. The van der Waals surface area contributed by atoms with Crippen LogP contribution in [0, 0.1) is 0 Å². The summed E-state index contributed by atoms with van der Waals surface area (Å²) in [6.07, 6.45) is 17.8. The molecule has 0 saturated carbocycles. The molecule has 0 heterocycles. The van der Waals surface area contributed by atoms with Gasteiger partial charge in [0.2, 0.25) is 0 Å². The van der Waals surface area contributed by atoms with Crippen molar-refractivity contribution < 1.29 is 9.53 Å². The van der Waals surface area contributed by atoms with Crippen molar-refractivity contribution in [3.63, 3.8) is 0 Å². The highest BCUT2D eigenvalue weighted by Gasteiger charge is 1.95. The summed E-state index contributed by atoms with van der Waals surface area (Å²) in [5.41, 5.74) is 0. The van der Waals surface area contributed by atoms with Crippen LogP contribution >= 0.6 is 0 Å². The molecule has 0 unspecified atom stereocenters. The number of hydrogen-bond acceptors (Lipinski definition) is 2. The summed E-state index contributed by atoms with van der Waals surface area (Å²) in [5.74, 6) is 0.125. The van der Waals surface area contributed by atoms with Crippen LogP contribution in [0.4, 0.5) is 0 Å². The molecular weight excluding hydrogens is 248 g/mol. The van der Waals surface area contributed by atoms with Crippen LogP contribution in [-0.4, -0.2) is 19.0 Å². The molecule has 0 saturated heterocycles. The smallest absolute Gasteiger partial charge is 0.155 e. The van der Waals surface area contributed by atoms with E-state index in [4.69, 9.17) is 4.74 Å². The van der Waals surface area contributed by atoms with Crippen molar-refractivity contribution in [3.05, 3.63) is 0 Å². The van der Waals surface area contributed by atoms with E-state index >= 15 is 0 Å². The van der Waals surface area contributed by atoms with Gasteiger partial charge in [-0.1, -0.05) is 84.0 Å². The maximum atomic E-state index is 10.7. The van der Waals surface area contributed by atoms with E-state index in [1.165, 1.54) is 77.0 Å². The van der Waals surface area contributed by atoms with Gasteiger partial charge in [0, 0.05) is 6.61 Å². The Bertz CT molecular complexity index is 202. The molecule has 0 fully saturated rings. The van der Waals surface area contributed by atoms with Crippen molar-refractivity contribution in [2.24, 2.45) is 0 Å². The zero-order chi connectivity index (χ0) is 14.9. The first-order valence-corrected chi connectivity index (χ1v) is 8.84. The van der Waals surface area contributed by atoms with Gasteiger partial charge in [0.05, 0.1) is 0 Å². The highest BCUT2D eigenvalue weighted by atomic mass is 16.5. The second-order valence-corrected chi connectivity index (χ2v) is 6.00. The number of carbonyl (C=O) groups excluding carboxylic acids is 1. The summed E-state index contributed by atoms with van der Waals surface area (Å²) in [6.45, 7) is 4.88. The van der Waals surface area contributed by atoms with Gasteiger partial charge in [-0.25, -0.2) is 0 Å². The van der Waals surface area contributed by atoms with Crippen LogP contribution in [0.3, 0.4) is 0 Å². The Balaban J connectivity index is 2.94. The first kappa shape index (κ1) is 19.6. The van der Waals surface area contributed by atoms with Crippen LogP contribution < -0.4 is 0 Å². The summed E-state index contributed by atoms with van der Waals surface area (Å²) < 4.78 is 5.25. The van der Waals surface area contributed by atoms with Gasteiger partial charge in [0.1, 0.15) is 6.61 Å². The fourth-order valence-corrected chi connectivity index (χ4v) is 2.44. The van der Waals surface area contributed by atoms with E-state index in [9.17, 15) is 4.79 Å². The normalized spacial score (nSPS) is 10.9. The topological polar surface area (TPSA) is 26.3 Å². The van der Waals surface area contributed by atoms with E-state index in [2.05, 4.69) is 6.92 Å². The molecule has 120 valence electrons. The minimum atomic E-state index is 0.125. The van der Waals surface area contributed by atoms with E-state index in [1.807, 2.05) is 0 Å². The Kier molecular flexibility index (Phi) is 16.4. The lowest BCUT2D eigenvalue weighted by Crippen LogP contribution is -2.04. The van der Waals surface area contributed by atoms with Gasteiger partial charge >= 0.3 is 0 Å². The third kappa shape index (κ3) is 17.6. The Morgan fingerprint density at radius 3 is 1.50 bits per heavy atom. The Hall–Kier alpha value is -0.370. The first-order valence-electron chi connectivity index (χ1n) is 8.84. The molecular formula is C18H36O2. The first-order chi connectivity index (χ1) is 9.77. The van der Waals surface area contributed by atoms with E-state index in [1.54, 1.807) is 6.92 Å². The number of hydrogen-bond donors (Lipinski definition) is 0. The van der Waals surface area contributed by atoms with Crippen molar-refractivity contribution in [1.82, 2.24) is 0 Å². The molecule has 0 rings (SSSR count). The Morgan fingerprint density at radius 1 is 0.700 bits per heavy atom. The zero-order valence-electron chi connectivity index (χ0n) is 13.9. The Labute approximate surface area is 126 Å². The molecule has 2 heteroatoms. The zero-order valence-corrected chi connectivity index (χ0v) is 13.9. The number of ether oxygens (including phenoxy) is 1. The number of rotatable bonds is 16. The summed E-state index contributed by atoms with van der Waals surface area (Å²) in [5, 5.41) is 0. The standard InChI is InChI=1S/C18H36O2/c1-3-4-5-6-7-8-9-10-11-12-13-14-15-16-20-17-18(2)19/h3-17H2,1-2H3. The fourth-order valence-electron chi connectivity index (χ4n) is 2.44. The summed E-state index contributed by atoms with van der Waals surface area (Å²) in [4.78, 5) is 10.7. The van der Waals surface area contributed by atoms with Crippen molar-refractivity contribution in [3.8, 4) is 0 Å².